The Hall–Kier alpha value is -1.08. The number of hydrogen-bond donors (Lipinski definition) is 1. The lowest BCUT2D eigenvalue weighted by atomic mass is 10.0. The van der Waals surface area contributed by atoms with E-state index in [2.05, 4.69) is 6.07 Å². The van der Waals surface area contributed by atoms with Crippen LogP contribution in [0, 0.1) is 17.2 Å². The Balaban J connectivity index is 4.43. The standard InChI is InChI=1S/C12H23N3O/c1-9(2)8-11(14)12(16)15(10(3)4)7-5-6-13/h9-11H,5,7-8,14H2,1-4H3. The SMILES string of the molecule is CC(C)CC(N)C(=O)N(CCC#N)C(C)C. The van der Waals surface area contributed by atoms with Crippen LogP contribution in [0.1, 0.15) is 40.5 Å². The maximum Gasteiger partial charge on any atom is 0.239 e. The maximum atomic E-state index is 12.0. The smallest absolute Gasteiger partial charge is 0.239 e. The number of hydrogen-bond acceptors (Lipinski definition) is 3. The van der Waals surface area contributed by atoms with Crippen molar-refractivity contribution in [1.29, 1.82) is 5.26 Å². The van der Waals surface area contributed by atoms with Crippen LogP contribution in [-0.2, 0) is 4.79 Å². The average Bonchev–Trinajstić information content (AvgIpc) is 2.16. The Labute approximate surface area is 98.4 Å². The molecule has 4 heteroatoms. The maximum absolute atomic E-state index is 12.0. The van der Waals surface area contributed by atoms with Gasteiger partial charge in [0, 0.05) is 12.6 Å². The minimum atomic E-state index is -0.443. The topological polar surface area (TPSA) is 70.1 Å². The summed E-state index contributed by atoms with van der Waals surface area (Å²) < 4.78 is 0. The predicted octanol–water partition coefficient (Wildman–Crippen LogP) is 1.51. The summed E-state index contributed by atoms with van der Waals surface area (Å²) in [6, 6.07) is 1.71. The first kappa shape index (κ1) is 14.9. The summed E-state index contributed by atoms with van der Waals surface area (Å²) >= 11 is 0. The number of nitrogens with zero attached hydrogens (tertiary/aromatic N) is 2. The van der Waals surface area contributed by atoms with Crippen molar-refractivity contribution in [2.75, 3.05) is 6.54 Å². The molecular weight excluding hydrogens is 202 g/mol. The largest absolute Gasteiger partial charge is 0.338 e. The monoisotopic (exact) mass is 225 g/mol. The summed E-state index contributed by atoms with van der Waals surface area (Å²) in [5.74, 6) is 0.364. The zero-order chi connectivity index (χ0) is 12.7. The van der Waals surface area contributed by atoms with Gasteiger partial charge in [0.2, 0.25) is 5.91 Å². The highest BCUT2D eigenvalue weighted by atomic mass is 16.2. The van der Waals surface area contributed by atoms with Crippen LogP contribution in [0.3, 0.4) is 0 Å². The van der Waals surface area contributed by atoms with Crippen molar-refractivity contribution in [3.05, 3.63) is 0 Å². The van der Waals surface area contributed by atoms with Crippen LogP contribution >= 0.6 is 0 Å². The molecule has 0 bridgehead atoms. The lowest BCUT2D eigenvalue weighted by Gasteiger charge is -2.29. The summed E-state index contributed by atoms with van der Waals surface area (Å²) in [4.78, 5) is 13.7. The second kappa shape index (κ2) is 7.24. The molecule has 0 heterocycles. The normalized spacial score (nSPS) is 12.6. The number of rotatable bonds is 6. The van der Waals surface area contributed by atoms with Crippen LogP contribution in [-0.4, -0.2) is 29.4 Å². The van der Waals surface area contributed by atoms with Gasteiger partial charge < -0.3 is 10.6 Å². The van der Waals surface area contributed by atoms with Gasteiger partial charge in [-0.05, 0) is 26.2 Å². The molecule has 2 N–H and O–H groups in total. The Kier molecular flexibility index (Phi) is 6.75. The summed E-state index contributed by atoms with van der Waals surface area (Å²) in [5, 5.41) is 8.54. The fourth-order valence-corrected chi connectivity index (χ4v) is 1.62. The van der Waals surface area contributed by atoms with Crippen molar-refractivity contribution >= 4 is 5.91 Å². The van der Waals surface area contributed by atoms with Crippen LogP contribution in [0.4, 0.5) is 0 Å². The third-order valence-corrected chi connectivity index (χ3v) is 2.41. The number of carbonyl (C=O) groups excluding carboxylic acids is 1. The van der Waals surface area contributed by atoms with Gasteiger partial charge in [-0.25, -0.2) is 0 Å². The zero-order valence-corrected chi connectivity index (χ0v) is 10.7. The molecule has 0 spiro atoms. The predicted molar refractivity (Wildman–Crippen MR) is 64.5 cm³/mol. The molecule has 92 valence electrons. The molecular formula is C12H23N3O. The molecule has 0 aromatic heterocycles. The summed E-state index contributed by atoms with van der Waals surface area (Å²) in [6.07, 6.45) is 1.05. The van der Waals surface area contributed by atoms with E-state index in [4.69, 9.17) is 11.0 Å². The quantitative estimate of drug-likeness (QED) is 0.745. The molecule has 0 aromatic carbocycles. The van der Waals surface area contributed by atoms with Gasteiger partial charge in [0.25, 0.3) is 0 Å². The Bertz CT molecular complexity index is 255. The summed E-state index contributed by atoms with van der Waals surface area (Å²) in [5.41, 5.74) is 5.85. The molecule has 16 heavy (non-hydrogen) atoms. The lowest BCUT2D eigenvalue weighted by molar-refractivity contribution is -0.134. The molecule has 0 aromatic rings. The first-order valence-electron chi connectivity index (χ1n) is 5.83. The Morgan fingerprint density at radius 3 is 2.31 bits per heavy atom. The van der Waals surface area contributed by atoms with Crippen molar-refractivity contribution < 1.29 is 4.79 Å². The van der Waals surface area contributed by atoms with Crippen LogP contribution in [0.2, 0.25) is 0 Å². The Morgan fingerprint density at radius 2 is 1.94 bits per heavy atom. The van der Waals surface area contributed by atoms with Crippen molar-refractivity contribution in [2.24, 2.45) is 11.7 Å². The molecule has 0 saturated heterocycles. The number of nitriles is 1. The number of amides is 1. The first-order chi connectivity index (χ1) is 7.40. The fraction of sp³-hybridized carbons (Fsp3) is 0.833. The molecule has 1 unspecified atom stereocenters. The highest BCUT2D eigenvalue weighted by Gasteiger charge is 2.23. The fourth-order valence-electron chi connectivity index (χ4n) is 1.62. The van der Waals surface area contributed by atoms with Gasteiger partial charge in [-0.1, -0.05) is 13.8 Å². The van der Waals surface area contributed by atoms with E-state index in [1.54, 1.807) is 4.90 Å². The van der Waals surface area contributed by atoms with E-state index in [0.29, 0.717) is 25.3 Å². The molecule has 1 atom stereocenters. The summed E-state index contributed by atoms with van der Waals surface area (Å²) in [7, 11) is 0. The van der Waals surface area contributed by atoms with Gasteiger partial charge in [0.05, 0.1) is 18.5 Å². The Morgan fingerprint density at radius 1 is 1.38 bits per heavy atom. The van der Waals surface area contributed by atoms with E-state index >= 15 is 0 Å². The van der Waals surface area contributed by atoms with Crippen LogP contribution in [0.25, 0.3) is 0 Å². The van der Waals surface area contributed by atoms with Gasteiger partial charge in [-0.15, -0.1) is 0 Å². The molecule has 0 rings (SSSR count). The molecule has 4 nitrogen and oxygen atoms in total. The zero-order valence-electron chi connectivity index (χ0n) is 10.7. The molecule has 0 aliphatic rings. The molecule has 0 aliphatic carbocycles. The highest BCUT2D eigenvalue weighted by molar-refractivity contribution is 5.81. The molecule has 0 radical (unpaired) electrons. The molecule has 0 fully saturated rings. The second-order valence-corrected chi connectivity index (χ2v) is 4.77. The van der Waals surface area contributed by atoms with Gasteiger partial charge >= 0.3 is 0 Å². The van der Waals surface area contributed by atoms with E-state index in [0.717, 1.165) is 0 Å². The van der Waals surface area contributed by atoms with Crippen molar-refractivity contribution in [2.45, 2.75) is 52.6 Å². The first-order valence-corrected chi connectivity index (χ1v) is 5.83. The van der Waals surface area contributed by atoms with Gasteiger partial charge in [0.1, 0.15) is 0 Å². The third kappa shape index (κ3) is 5.13. The summed E-state index contributed by atoms with van der Waals surface area (Å²) in [6.45, 7) is 8.44. The number of nitrogens with two attached hydrogens (primary N) is 1. The van der Waals surface area contributed by atoms with E-state index < -0.39 is 6.04 Å². The highest BCUT2D eigenvalue weighted by Crippen LogP contribution is 2.08. The minimum absolute atomic E-state index is 0.0426. The minimum Gasteiger partial charge on any atom is -0.338 e. The van der Waals surface area contributed by atoms with Crippen LogP contribution in [0.5, 0.6) is 0 Å². The van der Waals surface area contributed by atoms with E-state index in [9.17, 15) is 4.79 Å². The van der Waals surface area contributed by atoms with Crippen molar-refractivity contribution in [1.82, 2.24) is 4.90 Å². The molecule has 1 amide bonds. The van der Waals surface area contributed by atoms with E-state index in [1.165, 1.54) is 0 Å². The van der Waals surface area contributed by atoms with Crippen LogP contribution in [0.15, 0.2) is 0 Å². The lowest BCUT2D eigenvalue weighted by Crippen LogP contribution is -2.47. The van der Waals surface area contributed by atoms with Crippen molar-refractivity contribution in [3.63, 3.8) is 0 Å². The van der Waals surface area contributed by atoms with Gasteiger partial charge in [-0.3, -0.25) is 4.79 Å². The molecule has 0 saturated carbocycles. The second-order valence-electron chi connectivity index (χ2n) is 4.77. The number of carbonyl (C=O) groups is 1. The van der Waals surface area contributed by atoms with E-state index in [-0.39, 0.29) is 11.9 Å². The third-order valence-electron chi connectivity index (χ3n) is 2.41. The molecule has 0 aliphatic heterocycles. The van der Waals surface area contributed by atoms with Crippen LogP contribution < -0.4 is 5.73 Å². The van der Waals surface area contributed by atoms with Gasteiger partial charge in [-0.2, -0.15) is 5.26 Å². The van der Waals surface area contributed by atoms with E-state index in [1.807, 2.05) is 27.7 Å². The van der Waals surface area contributed by atoms with Crippen molar-refractivity contribution in [3.8, 4) is 6.07 Å². The van der Waals surface area contributed by atoms with Gasteiger partial charge in [0.15, 0.2) is 0 Å². The average molecular weight is 225 g/mol.